The number of hydrazone groups is 1. The van der Waals surface area contributed by atoms with E-state index in [1.165, 1.54) is 0 Å². The number of benzene rings is 2. The number of carbonyl (C=O) groups is 1. The van der Waals surface area contributed by atoms with Gasteiger partial charge >= 0.3 is 5.97 Å². The zero-order valence-corrected chi connectivity index (χ0v) is 14.8. The van der Waals surface area contributed by atoms with Crippen LogP contribution < -0.4 is 19.6 Å². The highest BCUT2D eigenvalue weighted by Crippen LogP contribution is 2.33. The molecule has 2 aromatic rings. The predicted molar refractivity (Wildman–Crippen MR) is 99.6 cm³/mol. The summed E-state index contributed by atoms with van der Waals surface area (Å²) in [5.41, 5.74) is 4.46. The van der Waals surface area contributed by atoms with Gasteiger partial charge in [-0.3, -0.25) is 10.2 Å². The first kappa shape index (κ1) is 19.1. The van der Waals surface area contributed by atoms with Crippen molar-refractivity contribution < 1.29 is 24.1 Å². The topological polar surface area (TPSA) is 89.4 Å². The Labute approximate surface area is 152 Å². The van der Waals surface area contributed by atoms with Crippen LogP contribution in [0.15, 0.2) is 47.6 Å². The zero-order chi connectivity index (χ0) is 18.8. The summed E-state index contributed by atoms with van der Waals surface area (Å²) in [6, 6.07) is 13.0. The lowest BCUT2D eigenvalue weighted by Crippen LogP contribution is -2.04. The van der Waals surface area contributed by atoms with Gasteiger partial charge in [-0.2, -0.15) is 5.10 Å². The van der Waals surface area contributed by atoms with Crippen LogP contribution in [0.4, 0.5) is 5.69 Å². The molecule has 0 aliphatic heterocycles. The van der Waals surface area contributed by atoms with Crippen molar-refractivity contribution in [1.82, 2.24) is 0 Å². The lowest BCUT2D eigenvalue weighted by atomic mass is 10.2. The summed E-state index contributed by atoms with van der Waals surface area (Å²) in [5, 5.41) is 12.9. The first-order valence-corrected chi connectivity index (χ1v) is 8.08. The highest BCUT2D eigenvalue weighted by molar-refractivity contribution is 5.88. The molecule has 0 saturated carbocycles. The molecular formula is C19H22N2O5. The second kappa shape index (κ2) is 9.93. The van der Waals surface area contributed by atoms with E-state index < -0.39 is 5.97 Å². The third-order valence-electron chi connectivity index (χ3n) is 3.48. The number of aliphatic carboxylic acids is 1. The summed E-state index contributed by atoms with van der Waals surface area (Å²) in [4.78, 5) is 10.5. The van der Waals surface area contributed by atoms with Crippen molar-refractivity contribution in [3.8, 4) is 17.2 Å². The molecule has 0 heterocycles. The maximum Gasteiger partial charge on any atom is 0.303 e. The maximum atomic E-state index is 10.5. The third-order valence-corrected chi connectivity index (χ3v) is 3.48. The Balaban J connectivity index is 2.11. The van der Waals surface area contributed by atoms with Crippen molar-refractivity contribution in [1.29, 1.82) is 0 Å². The summed E-state index contributed by atoms with van der Waals surface area (Å²) in [5.74, 6) is 0.769. The van der Waals surface area contributed by atoms with Crippen molar-refractivity contribution in [2.75, 3.05) is 26.3 Å². The van der Waals surface area contributed by atoms with E-state index in [4.69, 9.17) is 19.3 Å². The molecule has 0 aromatic heterocycles. The summed E-state index contributed by atoms with van der Waals surface area (Å²) in [6.45, 7) is 0.293. The van der Waals surface area contributed by atoms with Crippen LogP contribution in [0.5, 0.6) is 17.2 Å². The summed E-state index contributed by atoms with van der Waals surface area (Å²) >= 11 is 0. The van der Waals surface area contributed by atoms with E-state index in [1.807, 2.05) is 30.3 Å². The number of para-hydroxylation sites is 1. The number of nitrogens with zero attached hydrogens (tertiary/aromatic N) is 1. The Bertz CT molecular complexity index is 722. The average molecular weight is 358 g/mol. The maximum absolute atomic E-state index is 10.5. The number of carboxylic acids is 1. The Hall–Kier alpha value is -3.22. The van der Waals surface area contributed by atoms with Crippen LogP contribution in [0.25, 0.3) is 0 Å². The van der Waals surface area contributed by atoms with E-state index in [9.17, 15) is 4.79 Å². The highest BCUT2D eigenvalue weighted by Gasteiger charge is 2.12. The fraction of sp³-hybridized carbons (Fsp3) is 0.263. The molecule has 0 unspecified atom stereocenters. The summed E-state index contributed by atoms with van der Waals surface area (Å²) in [6.07, 6.45) is 2.09. The van der Waals surface area contributed by atoms with Gasteiger partial charge in [0.25, 0.3) is 0 Å². The molecule has 0 bridgehead atoms. The quantitative estimate of drug-likeness (QED) is 0.384. The molecule has 0 saturated heterocycles. The standard InChI is InChI=1S/C19H22N2O5/c1-24-17-11-15(26-10-6-9-19(22)23)12-18(25-2)16(17)13-20-21-14-7-4-3-5-8-14/h3-5,7-8,11-13,21H,6,9-10H2,1-2H3,(H,22,23). The molecule has 0 spiro atoms. The van der Waals surface area contributed by atoms with Gasteiger partial charge < -0.3 is 19.3 Å². The smallest absolute Gasteiger partial charge is 0.303 e. The number of hydrogen-bond acceptors (Lipinski definition) is 6. The van der Waals surface area contributed by atoms with E-state index >= 15 is 0 Å². The van der Waals surface area contributed by atoms with Gasteiger partial charge in [-0.25, -0.2) is 0 Å². The monoisotopic (exact) mass is 358 g/mol. The Morgan fingerprint density at radius 3 is 2.38 bits per heavy atom. The molecule has 2 N–H and O–H groups in total. The van der Waals surface area contributed by atoms with E-state index in [-0.39, 0.29) is 6.42 Å². The Morgan fingerprint density at radius 2 is 1.81 bits per heavy atom. The molecule has 2 rings (SSSR count). The normalized spacial score (nSPS) is 10.5. The van der Waals surface area contributed by atoms with E-state index in [2.05, 4.69) is 10.5 Å². The molecule has 0 fully saturated rings. The SMILES string of the molecule is COc1cc(OCCCC(=O)O)cc(OC)c1C=NNc1ccccc1. The van der Waals surface area contributed by atoms with Gasteiger partial charge in [0.15, 0.2) is 0 Å². The Morgan fingerprint density at radius 1 is 1.15 bits per heavy atom. The molecule has 0 atom stereocenters. The third kappa shape index (κ3) is 5.70. The zero-order valence-electron chi connectivity index (χ0n) is 14.8. The minimum Gasteiger partial charge on any atom is -0.496 e. The molecule has 138 valence electrons. The molecule has 0 amide bonds. The van der Waals surface area contributed by atoms with Gasteiger partial charge in [0.05, 0.1) is 38.3 Å². The van der Waals surface area contributed by atoms with Gasteiger partial charge in [-0.05, 0) is 18.6 Å². The molecule has 0 aliphatic rings. The lowest BCUT2D eigenvalue weighted by Gasteiger charge is -2.13. The lowest BCUT2D eigenvalue weighted by molar-refractivity contribution is -0.137. The second-order valence-electron chi connectivity index (χ2n) is 5.32. The van der Waals surface area contributed by atoms with Crippen LogP contribution in [-0.2, 0) is 4.79 Å². The van der Waals surface area contributed by atoms with Crippen LogP contribution in [-0.4, -0.2) is 38.1 Å². The number of anilines is 1. The molecule has 7 nitrogen and oxygen atoms in total. The van der Waals surface area contributed by atoms with Gasteiger partial charge in [-0.15, -0.1) is 0 Å². The number of methoxy groups -OCH3 is 2. The molecule has 0 radical (unpaired) electrons. The first-order chi connectivity index (χ1) is 12.6. The molecule has 26 heavy (non-hydrogen) atoms. The van der Waals surface area contributed by atoms with Gasteiger partial charge in [0, 0.05) is 18.6 Å². The van der Waals surface area contributed by atoms with Crippen LogP contribution in [0.1, 0.15) is 18.4 Å². The second-order valence-corrected chi connectivity index (χ2v) is 5.32. The van der Waals surface area contributed by atoms with Crippen molar-refractivity contribution in [3.63, 3.8) is 0 Å². The van der Waals surface area contributed by atoms with E-state index in [1.54, 1.807) is 32.6 Å². The van der Waals surface area contributed by atoms with Crippen LogP contribution >= 0.6 is 0 Å². The fourth-order valence-electron chi connectivity index (χ4n) is 2.22. The largest absolute Gasteiger partial charge is 0.496 e. The fourth-order valence-corrected chi connectivity index (χ4v) is 2.22. The van der Waals surface area contributed by atoms with E-state index in [0.717, 1.165) is 5.69 Å². The molecular weight excluding hydrogens is 336 g/mol. The van der Waals surface area contributed by atoms with E-state index in [0.29, 0.717) is 35.8 Å². The summed E-state index contributed by atoms with van der Waals surface area (Å²) in [7, 11) is 3.09. The van der Waals surface area contributed by atoms with Crippen molar-refractivity contribution in [2.24, 2.45) is 5.10 Å². The number of hydrogen-bond donors (Lipinski definition) is 2. The van der Waals surface area contributed by atoms with Crippen molar-refractivity contribution >= 4 is 17.9 Å². The number of ether oxygens (including phenoxy) is 3. The van der Waals surface area contributed by atoms with Crippen LogP contribution in [0.3, 0.4) is 0 Å². The van der Waals surface area contributed by atoms with Crippen LogP contribution in [0, 0.1) is 0 Å². The van der Waals surface area contributed by atoms with Gasteiger partial charge in [-0.1, -0.05) is 18.2 Å². The molecule has 7 heteroatoms. The number of carboxylic acid groups (broad SMARTS) is 1. The molecule has 2 aromatic carbocycles. The molecule has 0 aliphatic carbocycles. The van der Waals surface area contributed by atoms with Crippen molar-refractivity contribution in [3.05, 3.63) is 48.0 Å². The minimum atomic E-state index is -0.846. The summed E-state index contributed by atoms with van der Waals surface area (Å²) < 4.78 is 16.4. The number of nitrogens with one attached hydrogen (secondary N) is 1. The highest BCUT2D eigenvalue weighted by atomic mass is 16.5. The minimum absolute atomic E-state index is 0.0597. The number of rotatable bonds is 10. The van der Waals surface area contributed by atoms with Gasteiger partial charge in [0.2, 0.25) is 0 Å². The predicted octanol–water partition coefficient (Wildman–Crippen LogP) is 3.39. The first-order valence-electron chi connectivity index (χ1n) is 8.08. The Kier molecular flexibility index (Phi) is 7.30. The average Bonchev–Trinajstić information content (AvgIpc) is 2.66. The van der Waals surface area contributed by atoms with Crippen LogP contribution in [0.2, 0.25) is 0 Å². The van der Waals surface area contributed by atoms with Crippen molar-refractivity contribution in [2.45, 2.75) is 12.8 Å². The van der Waals surface area contributed by atoms with Gasteiger partial charge in [0.1, 0.15) is 17.2 Å².